The molecule has 0 saturated carbocycles. The number of H-pyrrole nitrogens is 2. The lowest BCUT2D eigenvalue weighted by Crippen LogP contribution is -2.05. The van der Waals surface area contributed by atoms with Gasteiger partial charge in [0.1, 0.15) is 22.7 Å². The molecule has 0 spiro atoms. The maximum Gasteiger partial charge on any atom is 0.275 e. The Hall–Kier alpha value is -2.39. The van der Waals surface area contributed by atoms with E-state index in [-0.39, 0.29) is 5.56 Å². The molecule has 2 aromatic heterocycles. The first kappa shape index (κ1) is 11.7. The van der Waals surface area contributed by atoms with Crippen LogP contribution < -0.4 is 5.56 Å². The summed E-state index contributed by atoms with van der Waals surface area (Å²) >= 11 is 3.44. The van der Waals surface area contributed by atoms with Crippen molar-refractivity contribution < 1.29 is 0 Å². The quantitative estimate of drug-likeness (QED) is 0.723. The summed E-state index contributed by atoms with van der Waals surface area (Å²) in [6, 6.07) is 9.59. The highest BCUT2D eigenvalue weighted by Crippen LogP contribution is 2.32. The zero-order chi connectivity index (χ0) is 13.4. The van der Waals surface area contributed by atoms with Crippen molar-refractivity contribution in [2.75, 3.05) is 0 Å². The number of nitrogens with one attached hydrogen (secondary N) is 2. The number of aromatic amines is 2. The van der Waals surface area contributed by atoms with E-state index >= 15 is 0 Å². The van der Waals surface area contributed by atoms with Crippen molar-refractivity contribution in [1.29, 1.82) is 5.26 Å². The SMILES string of the molecule is N#Cc1c(-c2ccccc2Br)[nH]c2c(=O)[nH]cnc12. The van der Waals surface area contributed by atoms with Crippen LogP contribution in [0, 0.1) is 11.3 Å². The Bertz CT molecular complexity index is 872. The summed E-state index contributed by atoms with van der Waals surface area (Å²) in [6.07, 6.45) is 1.29. The first-order valence-electron chi connectivity index (χ1n) is 5.46. The summed E-state index contributed by atoms with van der Waals surface area (Å²) < 4.78 is 0.842. The molecule has 1 aromatic carbocycles. The van der Waals surface area contributed by atoms with Gasteiger partial charge in [0, 0.05) is 10.0 Å². The molecule has 3 rings (SSSR count). The van der Waals surface area contributed by atoms with E-state index in [4.69, 9.17) is 0 Å². The Morgan fingerprint density at radius 2 is 2.11 bits per heavy atom. The third-order valence-electron chi connectivity index (χ3n) is 2.84. The lowest BCUT2D eigenvalue weighted by atomic mass is 10.1. The number of fused-ring (bicyclic) bond motifs is 1. The summed E-state index contributed by atoms with van der Waals surface area (Å²) in [5, 5.41) is 9.31. The molecule has 0 aliphatic carbocycles. The number of nitriles is 1. The number of nitrogens with zero attached hydrogens (tertiary/aromatic N) is 2. The molecule has 2 heterocycles. The smallest absolute Gasteiger partial charge is 0.275 e. The fourth-order valence-corrected chi connectivity index (χ4v) is 2.47. The van der Waals surface area contributed by atoms with Gasteiger partial charge in [-0.3, -0.25) is 4.79 Å². The van der Waals surface area contributed by atoms with Crippen LogP contribution >= 0.6 is 15.9 Å². The van der Waals surface area contributed by atoms with Crippen molar-refractivity contribution in [2.45, 2.75) is 0 Å². The molecule has 0 aliphatic rings. The molecule has 2 N–H and O–H groups in total. The van der Waals surface area contributed by atoms with Gasteiger partial charge in [0.2, 0.25) is 0 Å². The minimum Gasteiger partial charge on any atom is -0.348 e. The van der Waals surface area contributed by atoms with E-state index in [1.165, 1.54) is 6.33 Å². The molecule has 0 atom stereocenters. The molecular weight excluding hydrogens is 308 g/mol. The fourth-order valence-electron chi connectivity index (χ4n) is 1.99. The third-order valence-corrected chi connectivity index (χ3v) is 3.54. The van der Waals surface area contributed by atoms with Crippen LogP contribution in [0.3, 0.4) is 0 Å². The van der Waals surface area contributed by atoms with Gasteiger partial charge >= 0.3 is 0 Å². The predicted octanol–water partition coefficient (Wildman–Crippen LogP) is 2.55. The highest BCUT2D eigenvalue weighted by molar-refractivity contribution is 9.10. The molecule has 0 bridgehead atoms. The maximum atomic E-state index is 11.7. The van der Waals surface area contributed by atoms with Crippen molar-refractivity contribution in [1.82, 2.24) is 15.0 Å². The Morgan fingerprint density at radius 1 is 1.32 bits per heavy atom. The van der Waals surface area contributed by atoms with Crippen molar-refractivity contribution >= 4 is 27.0 Å². The van der Waals surface area contributed by atoms with Crippen molar-refractivity contribution in [3.05, 3.63) is 51.0 Å². The van der Waals surface area contributed by atoms with Crippen molar-refractivity contribution in [2.24, 2.45) is 0 Å². The van der Waals surface area contributed by atoms with Crippen LogP contribution in [0.25, 0.3) is 22.3 Å². The molecule has 0 radical (unpaired) electrons. The molecule has 6 heteroatoms. The Balaban J connectivity index is 2.44. The van der Waals surface area contributed by atoms with E-state index < -0.39 is 0 Å². The van der Waals surface area contributed by atoms with Gasteiger partial charge < -0.3 is 9.97 Å². The van der Waals surface area contributed by atoms with E-state index in [0.29, 0.717) is 22.3 Å². The highest BCUT2D eigenvalue weighted by Gasteiger charge is 2.17. The van der Waals surface area contributed by atoms with Crippen LogP contribution in [-0.2, 0) is 0 Å². The van der Waals surface area contributed by atoms with E-state index in [2.05, 4.69) is 37.0 Å². The number of rotatable bonds is 1. The minimum absolute atomic E-state index is 0.292. The summed E-state index contributed by atoms with van der Waals surface area (Å²) in [7, 11) is 0. The molecular formula is C13H7BrN4O. The fraction of sp³-hybridized carbons (Fsp3) is 0. The summed E-state index contributed by atoms with van der Waals surface area (Å²) in [6.45, 7) is 0. The highest BCUT2D eigenvalue weighted by atomic mass is 79.9. The zero-order valence-corrected chi connectivity index (χ0v) is 11.2. The molecule has 92 valence electrons. The second kappa shape index (κ2) is 4.37. The first-order chi connectivity index (χ1) is 9.22. The second-order valence-corrected chi connectivity index (χ2v) is 4.78. The molecule has 0 unspecified atom stereocenters. The van der Waals surface area contributed by atoms with Gasteiger partial charge in [-0.25, -0.2) is 4.98 Å². The van der Waals surface area contributed by atoms with Crippen LogP contribution in [0.1, 0.15) is 5.56 Å². The maximum absolute atomic E-state index is 11.7. The Labute approximate surface area is 116 Å². The summed E-state index contributed by atoms with van der Waals surface area (Å²) in [5.41, 5.74) is 2.18. The molecule has 0 saturated heterocycles. The average molecular weight is 315 g/mol. The van der Waals surface area contributed by atoms with Gasteiger partial charge in [0.05, 0.1) is 12.0 Å². The molecule has 0 amide bonds. The van der Waals surface area contributed by atoms with Gasteiger partial charge in [-0.15, -0.1) is 0 Å². The Morgan fingerprint density at radius 3 is 2.84 bits per heavy atom. The van der Waals surface area contributed by atoms with Gasteiger partial charge in [0.25, 0.3) is 5.56 Å². The van der Waals surface area contributed by atoms with E-state index in [1.807, 2.05) is 24.3 Å². The standard InChI is InChI=1S/C13H7BrN4O/c14-9-4-2-1-3-7(9)10-8(5-15)11-12(18-10)13(19)17-6-16-11/h1-4,6,18H,(H,16,17,19). The summed E-state index contributed by atoms with van der Waals surface area (Å²) in [4.78, 5) is 21.3. The number of hydrogen-bond acceptors (Lipinski definition) is 3. The number of halogens is 1. The van der Waals surface area contributed by atoms with E-state index in [9.17, 15) is 10.1 Å². The van der Waals surface area contributed by atoms with Crippen LogP contribution in [0.4, 0.5) is 0 Å². The Kier molecular flexibility index (Phi) is 2.69. The number of benzene rings is 1. The van der Waals surface area contributed by atoms with Gasteiger partial charge in [0.15, 0.2) is 0 Å². The topological polar surface area (TPSA) is 85.3 Å². The van der Waals surface area contributed by atoms with Gasteiger partial charge in [-0.2, -0.15) is 5.26 Å². The van der Waals surface area contributed by atoms with Gasteiger partial charge in [-0.05, 0) is 6.07 Å². The van der Waals surface area contributed by atoms with Gasteiger partial charge in [-0.1, -0.05) is 34.1 Å². The monoisotopic (exact) mass is 314 g/mol. The normalized spacial score (nSPS) is 10.5. The second-order valence-electron chi connectivity index (χ2n) is 3.92. The zero-order valence-electron chi connectivity index (χ0n) is 9.57. The molecule has 3 aromatic rings. The van der Waals surface area contributed by atoms with E-state index in [1.54, 1.807) is 0 Å². The van der Waals surface area contributed by atoms with Crippen LogP contribution in [0.5, 0.6) is 0 Å². The van der Waals surface area contributed by atoms with E-state index in [0.717, 1.165) is 10.0 Å². The minimum atomic E-state index is -0.292. The van der Waals surface area contributed by atoms with Crippen LogP contribution in [-0.4, -0.2) is 15.0 Å². The largest absolute Gasteiger partial charge is 0.348 e. The van der Waals surface area contributed by atoms with Crippen LogP contribution in [0.2, 0.25) is 0 Å². The summed E-state index contributed by atoms with van der Waals surface area (Å²) in [5.74, 6) is 0. The van der Waals surface area contributed by atoms with Crippen molar-refractivity contribution in [3.8, 4) is 17.3 Å². The third kappa shape index (κ3) is 1.75. The lowest BCUT2D eigenvalue weighted by Gasteiger charge is -2.01. The van der Waals surface area contributed by atoms with Crippen LogP contribution in [0.15, 0.2) is 39.9 Å². The first-order valence-corrected chi connectivity index (χ1v) is 6.26. The number of hydrogen-bond donors (Lipinski definition) is 2. The predicted molar refractivity (Wildman–Crippen MR) is 74.6 cm³/mol. The lowest BCUT2D eigenvalue weighted by molar-refractivity contribution is 1.16. The number of aromatic nitrogens is 3. The average Bonchev–Trinajstić information content (AvgIpc) is 2.79. The van der Waals surface area contributed by atoms with Crippen molar-refractivity contribution in [3.63, 3.8) is 0 Å². The molecule has 0 fully saturated rings. The molecule has 5 nitrogen and oxygen atoms in total. The molecule has 0 aliphatic heterocycles. The molecule has 19 heavy (non-hydrogen) atoms.